The van der Waals surface area contributed by atoms with Crippen molar-refractivity contribution >= 4 is 0 Å². The number of unbranched alkanes of at least 4 members (excludes halogenated alkanes) is 4. The lowest BCUT2D eigenvalue weighted by atomic mass is 10.2. The summed E-state index contributed by atoms with van der Waals surface area (Å²) in [6.45, 7) is 19.5. The molecule has 198 valence electrons. The second kappa shape index (κ2) is 15.8. The average Bonchev–Trinajstić information content (AvgIpc) is 3.63. The summed E-state index contributed by atoms with van der Waals surface area (Å²) < 4.78 is 0. The Morgan fingerprint density at radius 3 is 0.882 bits per heavy atom. The molecule has 4 aliphatic heterocycles. The standard InChI is InChI=1S/C28H56N6/c1(3-14-29-16-7-8-17-29)5-22-32-26-33(23-6-2-4-15-30-18-9-10-19-30)28-34(27-32)25-13-24-31-20-11-12-21-31/h1-28H2. The third-order valence-corrected chi connectivity index (χ3v) is 8.64. The van der Waals surface area contributed by atoms with Crippen molar-refractivity contribution in [1.29, 1.82) is 0 Å². The van der Waals surface area contributed by atoms with Gasteiger partial charge in [-0.3, -0.25) is 14.7 Å². The van der Waals surface area contributed by atoms with Crippen LogP contribution in [0.1, 0.15) is 83.5 Å². The predicted molar refractivity (Wildman–Crippen MR) is 144 cm³/mol. The molecule has 4 heterocycles. The largest absolute Gasteiger partial charge is 0.303 e. The van der Waals surface area contributed by atoms with Crippen molar-refractivity contribution in [3.05, 3.63) is 0 Å². The van der Waals surface area contributed by atoms with Gasteiger partial charge in [-0.2, -0.15) is 0 Å². The molecule has 0 aliphatic carbocycles. The highest BCUT2D eigenvalue weighted by Crippen LogP contribution is 2.15. The molecule has 6 nitrogen and oxygen atoms in total. The van der Waals surface area contributed by atoms with Gasteiger partial charge in [0.1, 0.15) is 0 Å². The fourth-order valence-corrected chi connectivity index (χ4v) is 6.64. The number of nitrogens with zero attached hydrogens (tertiary/aromatic N) is 6. The Bertz CT molecular complexity index is 479. The van der Waals surface area contributed by atoms with E-state index >= 15 is 0 Å². The van der Waals surface area contributed by atoms with E-state index in [2.05, 4.69) is 29.4 Å². The zero-order chi connectivity index (χ0) is 23.3. The topological polar surface area (TPSA) is 19.4 Å². The van der Waals surface area contributed by atoms with Crippen LogP contribution in [0.15, 0.2) is 0 Å². The van der Waals surface area contributed by atoms with Crippen LogP contribution >= 0.6 is 0 Å². The van der Waals surface area contributed by atoms with Gasteiger partial charge in [0.05, 0.1) is 20.0 Å². The highest BCUT2D eigenvalue weighted by atomic mass is 15.5. The Morgan fingerprint density at radius 1 is 0.265 bits per heavy atom. The zero-order valence-corrected chi connectivity index (χ0v) is 22.5. The van der Waals surface area contributed by atoms with Gasteiger partial charge in [0.15, 0.2) is 0 Å². The van der Waals surface area contributed by atoms with Crippen LogP contribution in [0.3, 0.4) is 0 Å². The number of hydrogen-bond donors (Lipinski definition) is 0. The lowest BCUT2D eigenvalue weighted by molar-refractivity contribution is -0.0317. The molecule has 0 aromatic heterocycles. The molecule has 0 aromatic carbocycles. The molecule has 4 saturated heterocycles. The summed E-state index contributed by atoms with van der Waals surface area (Å²) in [5.74, 6) is 0. The Kier molecular flexibility index (Phi) is 12.4. The first-order valence-electron chi connectivity index (χ1n) is 15.2. The first kappa shape index (κ1) is 26.8. The van der Waals surface area contributed by atoms with Crippen LogP contribution in [0.25, 0.3) is 0 Å². The van der Waals surface area contributed by atoms with Gasteiger partial charge in [0, 0.05) is 19.6 Å². The van der Waals surface area contributed by atoms with Crippen molar-refractivity contribution in [2.45, 2.75) is 83.5 Å². The molecule has 0 bridgehead atoms. The van der Waals surface area contributed by atoms with E-state index in [1.807, 2.05) is 0 Å². The average molecular weight is 477 g/mol. The molecule has 4 aliphatic rings. The third kappa shape index (κ3) is 10.0. The van der Waals surface area contributed by atoms with E-state index in [9.17, 15) is 0 Å². The van der Waals surface area contributed by atoms with Crippen LogP contribution in [-0.2, 0) is 0 Å². The summed E-state index contributed by atoms with van der Waals surface area (Å²) >= 11 is 0. The fraction of sp³-hybridized carbons (Fsp3) is 1.00. The minimum absolute atomic E-state index is 1.19. The van der Waals surface area contributed by atoms with Crippen molar-refractivity contribution in [1.82, 2.24) is 29.4 Å². The van der Waals surface area contributed by atoms with Gasteiger partial charge in [-0.05, 0) is 130 Å². The minimum Gasteiger partial charge on any atom is -0.303 e. The van der Waals surface area contributed by atoms with Gasteiger partial charge in [0.25, 0.3) is 0 Å². The lowest BCUT2D eigenvalue weighted by Gasteiger charge is -2.42. The molecular weight excluding hydrogens is 420 g/mol. The summed E-state index contributed by atoms with van der Waals surface area (Å²) in [6.07, 6.45) is 18.2. The molecule has 0 radical (unpaired) electrons. The van der Waals surface area contributed by atoms with Crippen LogP contribution in [0.2, 0.25) is 0 Å². The summed E-state index contributed by atoms with van der Waals surface area (Å²) in [5, 5.41) is 0. The Hall–Kier alpha value is -0.240. The number of likely N-dealkylation sites (tertiary alicyclic amines) is 3. The summed E-state index contributed by atoms with van der Waals surface area (Å²) in [7, 11) is 0. The number of hydrogen-bond acceptors (Lipinski definition) is 6. The van der Waals surface area contributed by atoms with Crippen LogP contribution in [0, 0.1) is 0 Å². The van der Waals surface area contributed by atoms with Gasteiger partial charge in [0.2, 0.25) is 0 Å². The second-order valence-electron chi connectivity index (χ2n) is 11.7. The van der Waals surface area contributed by atoms with Crippen molar-refractivity contribution in [2.75, 3.05) is 98.5 Å². The molecule has 4 rings (SSSR count). The van der Waals surface area contributed by atoms with Crippen molar-refractivity contribution in [2.24, 2.45) is 0 Å². The van der Waals surface area contributed by atoms with Gasteiger partial charge >= 0.3 is 0 Å². The molecule has 0 amide bonds. The monoisotopic (exact) mass is 476 g/mol. The van der Waals surface area contributed by atoms with Crippen molar-refractivity contribution in [3.8, 4) is 0 Å². The molecule has 0 N–H and O–H groups in total. The van der Waals surface area contributed by atoms with E-state index < -0.39 is 0 Å². The van der Waals surface area contributed by atoms with E-state index in [1.165, 1.54) is 182 Å². The summed E-state index contributed by atoms with van der Waals surface area (Å²) in [4.78, 5) is 16.3. The minimum atomic E-state index is 1.19. The van der Waals surface area contributed by atoms with Crippen LogP contribution in [0.5, 0.6) is 0 Å². The molecule has 0 unspecified atom stereocenters. The smallest absolute Gasteiger partial charge is 0.0530 e. The third-order valence-electron chi connectivity index (χ3n) is 8.64. The molecule has 0 spiro atoms. The summed E-state index contributed by atoms with van der Waals surface area (Å²) in [6, 6.07) is 0. The molecule has 34 heavy (non-hydrogen) atoms. The number of rotatable bonds is 16. The molecule has 4 fully saturated rings. The first-order valence-corrected chi connectivity index (χ1v) is 15.2. The van der Waals surface area contributed by atoms with Crippen LogP contribution in [0.4, 0.5) is 0 Å². The van der Waals surface area contributed by atoms with E-state index in [4.69, 9.17) is 0 Å². The second-order valence-corrected chi connectivity index (χ2v) is 11.7. The van der Waals surface area contributed by atoms with Crippen molar-refractivity contribution in [3.63, 3.8) is 0 Å². The van der Waals surface area contributed by atoms with Crippen molar-refractivity contribution < 1.29 is 0 Å². The van der Waals surface area contributed by atoms with E-state index in [-0.39, 0.29) is 0 Å². The zero-order valence-electron chi connectivity index (χ0n) is 22.5. The molecule has 6 heteroatoms. The molecule has 0 aromatic rings. The van der Waals surface area contributed by atoms with Gasteiger partial charge in [-0.15, -0.1) is 0 Å². The Labute approximate surface area is 211 Å². The summed E-state index contributed by atoms with van der Waals surface area (Å²) in [5.41, 5.74) is 0. The van der Waals surface area contributed by atoms with E-state index in [0.717, 1.165) is 0 Å². The maximum absolute atomic E-state index is 2.75. The maximum Gasteiger partial charge on any atom is 0.0530 e. The predicted octanol–water partition coefficient (Wildman–Crippen LogP) is 3.80. The van der Waals surface area contributed by atoms with Crippen LogP contribution in [-0.4, -0.2) is 128 Å². The first-order chi connectivity index (χ1) is 16.8. The normalized spacial score (nSPS) is 24.7. The molecule has 0 saturated carbocycles. The highest BCUT2D eigenvalue weighted by molar-refractivity contribution is 4.73. The van der Waals surface area contributed by atoms with Gasteiger partial charge < -0.3 is 14.7 Å². The quantitative estimate of drug-likeness (QED) is 0.313. The highest BCUT2D eigenvalue weighted by Gasteiger charge is 2.23. The van der Waals surface area contributed by atoms with Crippen LogP contribution < -0.4 is 0 Å². The van der Waals surface area contributed by atoms with E-state index in [0.29, 0.717) is 0 Å². The Morgan fingerprint density at radius 2 is 0.529 bits per heavy atom. The van der Waals surface area contributed by atoms with Gasteiger partial charge in [-0.25, -0.2) is 0 Å². The fourth-order valence-electron chi connectivity index (χ4n) is 6.64. The maximum atomic E-state index is 2.75. The lowest BCUT2D eigenvalue weighted by Crippen LogP contribution is -2.55. The SMILES string of the molecule is C(CCN1CCCC1)CCN1CN(CCCCCN2CCCC2)CN(CCCN2CCCC2)C1. The van der Waals surface area contributed by atoms with E-state index in [1.54, 1.807) is 0 Å². The van der Waals surface area contributed by atoms with Gasteiger partial charge in [-0.1, -0.05) is 12.8 Å². The Balaban J connectivity index is 1.12. The molecular formula is C28H56N6. The molecule has 0 atom stereocenters.